The Balaban J connectivity index is 2.08. The van der Waals surface area contributed by atoms with Crippen LogP contribution in [0.3, 0.4) is 0 Å². The number of benzene rings is 2. The summed E-state index contributed by atoms with van der Waals surface area (Å²) in [5, 5.41) is 0. The van der Waals surface area contributed by atoms with Crippen molar-refractivity contribution in [2.45, 2.75) is 13.3 Å². The lowest BCUT2D eigenvalue weighted by molar-refractivity contribution is -0.121. The van der Waals surface area contributed by atoms with Crippen LogP contribution in [0.2, 0.25) is 0 Å². The molecule has 0 aromatic heterocycles. The van der Waals surface area contributed by atoms with Crippen molar-refractivity contribution in [3.63, 3.8) is 0 Å². The number of carbonyl (C=O) groups is 2. The maximum atomic E-state index is 12.4. The molecule has 28 heavy (non-hydrogen) atoms. The number of ether oxygens (including phenoxy) is 4. The van der Waals surface area contributed by atoms with E-state index in [0.717, 1.165) is 11.1 Å². The molecule has 0 heterocycles. The van der Waals surface area contributed by atoms with Crippen LogP contribution in [0.5, 0.6) is 23.0 Å². The number of methoxy groups -OCH3 is 4. The molecule has 2 N–H and O–H groups in total. The van der Waals surface area contributed by atoms with Crippen LogP contribution < -0.4 is 29.8 Å². The Kier molecular flexibility index (Phi) is 7.08. The van der Waals surface area contributed by atoms with E-state index >= 15 is 0 Å². The number of hydrogen-bond donors (Lipinski definition) is 2. The Morgan fingerprint density at radius 3 is 1.96 bits per heavy atom. The zero-order chi connectivity index (χ0) is 20.7. The second-order valence-electron chi connectivity index (χ2n) is 5.91. The third kappa shape index (κ3) is 4.85. The predicted octanol–water partition coefficient (Wildman–Crippen LogP) is 2.03. The molecule has 0 fully saturated rings. The average Bonchev–Trinajstić information content (AvgIpc) is 2.70. The summed E-state index contributed by atoms with van der Waals surface area (Å²) in [4.78, 5) is 24.6. The number of carbonyl (C=O) groups excluding carboxylic acids is 2. The number of rotatable bonds is 7. The van der Waals surface area contributed by atoms with Gasteiger partial charge in [0.1, 0.15) is 5.75 Å². The van der Waals surface area contributed by atoms with E-state index in [4.69, 9.17) is 18.9 Å². The minimum absolute atomic E-state index is 0.0559. The summed E-state index contributed by atoms with van der Waals surface area (Å²) in [6, 6.07) is 8.54. The minimum atomic E-state index is -0.524. The van der Waals surface area contributed by atoms with E-state index in [1.165, 1.54) is 40.6 Å². The zero-order valence-corrected chi connectivity index (χ0v) is 16.5. The summed E-state index contributed by atoms with van der Waals surface area (Å²) in [6.45, 7) is 1.92. The lowest BCUT2D eigenvalue weighted by Gasteiger charge is -2.14. The van der Waals surface area contributed by atoms with Gasteiger partial charge in [0.15, 0.2) is 11.5 Å². The Hall–Kier alpha value is -3.42. The molecule has 2 amide bonds. The van der Waals surface area contributed by atoms with Crippen molar-refractivity contribution in [3.05, 3.63) is 47.0 Å². The van der Waals surface area contributed by atoms with Crippen molar-refractivity contribution in [1.82, 2.24) is 10.9 Å². The quantitative estimate of drug-likeness (QED) is 0.705. The Labute approximate surface area is 163 Å². The number of nitrogens with one attached hydrogen (secondary N) is 2. The largest absolute Gasteiger partial charge is 0.496 e. The molecular weight excluding hydrogens is 364 g/mol. The highest BCUT2D eigenvalue weighted by Gasteiger charge is 2.17. The standard InChI is InChI=1S/C20H24N2O6/c1-12-6-7-15(25-2)13(8-12)11-18(23)21-22-20(24)14-9-16(26-3)19(28-5)17(10-14)27-4/h6-10H,11H2,1-5H3,(H,21,23)(H,22,24). The van der Waals surface area contributed by atoms with Gasteiger partial charge in [-0.15, -0.1) is 0 Å². The fraction of sp³-hybridized carbons (Fsp3) is 0.300. The van der Waals surface area contributed by atoms with E-state index in [-0.39, 0.29) is 17.9 Å². The smallest absolute Gasteiger partial charge is 0.269 e. The fourth-order valence-corrected chi connectivity index (χ4v) is 2.67. The zero-order valence-electron chi connectivity index (χ0n) is 16.5. The van der Waals surface area contributed by atoms with E-state index < -0.39 is 5.91 Å². The summed E-state index contributed by atoms with van der Waals surface area (Å²) in [5.41, 5.74) is 6.74. The fourth-order valence-electron chi connectivity index (χ4n) is 2.67. The molecule has 0 saturated heterocycles. The molecule has 0 saturated carbocycles. The van der Waals surface area contributed by atoms with Crippen LogP contribution in [0.25, 0.3) is 0 Å². The molecule has 0 unspecified atom stereocenters. The van der Waals surface area contributed by atoms with Crippen LogP contribution in [0.1, 0.15) is 21.5 Å². The first-order chi connectivity index (χ1) is 13.4. The van der Waals surface area contributed by atoms with Crippen molar-refractivity contribution < 1.29 is 28.5 Å². The van der Waals surface area contributed by atoms with Crippen molar-refractivity contribution in [3.8, 4) is 23.0 Å². The van der Waals surface area contributed by atoms with Gasteiger partial charge >= 0.3 is 0 Å². The second-order valence-corrected chi connectivity index (χ2v) is 5.91. The van der Waals surface area contributed by atoms with Crippen molar-refractivity contribution in [1.29, 1.82) is 0 Å². The van der Waals surface area contributed by atoms with Crippen molar-refractivity contribution in [2.75, 3.05) is 28.4 Å². The van der Waals surface area contributed by atoms with Crippen LogP contribution in [-0.4, -0.2) is 40.3 Å². The number of hydrogen-bond acceptors (Lipinski definition) is 6. The number of amides is 2. The second kappa shape index (κ2) is 9.50. The van der Waals surface area contributed by atoms with Crippen LogP contribution in [-0.2, 0) is 11.2 Å². The van der Waals surface area contributed by atoms with Gasteiger partial charge in [-0.05, 0) is 25.1 Å². The third-order valence-corrected chi connectivity index (χ3v) is 4.03. The first-order valence-electron chi connectivity index (χ1n) is 8.46. The van der Waals surface area contributed by atoms with E-state index in [2.05, 4.69) is 10.9 Å². The Morgan fingerprint density at radius 1 is 0.821 bits per heavy atom. The number of aryl methyl sites for hydroxylation is 1. The van der Waals surface area contributed by atoms with E-state index in [9.17, 15) is 9.59 Å². The molecular formula is C20H24N2O6. The predicted molar refractivity (Wildman–Crippen MR) is 103 cm³/mol. The van der Waals surface area contributed by atoms with Crippen LogP contribution >= 0.6 is 0 Å². The van der Waals surface area contributed by atoms with Gasteiger partial charge in [0.25, 0.3) is 5.91 Å². The molecule has 0 aliphatic heterocycles. The van der Waals surface area contributed by atoms with Crippen molar-refractivity contribution >= 4 is 11.8 Å². The topological polar surface area (TPSA) is 95.1 Å². The van der Waals surface area contributed by atoms with Gasteiger partial charge in [-0.2, -0.15) is 0 Å². The molecule has 2 rings (SSSR count). The van der Waals surface area contributed by atoms with Crippen molar-refractivity contribution in [2.24, 2.45) is 0 Å². The first kappa shape index (κ1) is 20.9. The Bertz CT molecular complexity index is 841. The molecule has 8 nitrogen and oxygen atoms in total. The summed E-state index contributed by atoms with van der Waals surface area (Å²) < 4.78 is 20.9. The van der Waals surface area contributed by atoms with Gasteiger partial charge in [-0.25, -0.2) is 0 Å². The molecule has 0 spiro atoms. The van der Waals surface area contributed by atoms with Gasteiger partial charge < -0.3 is 18.9 Å². The molecule has 150 valence electrons. The summed E-state index contributed by atoms with van der Waals surface area (Å²) >= 11 is 0. The molecule has 0 radical (unpaired) electrons. The molecule has 8 heteroatoms. The molecule has 0 aliphatic rings. The van der Waals surface area contributed by atoms with Gasteiger partial charge in [0.2, 0.25) is 11.7 Å². The highest BCUT2D eigenvalue weighted by Crippen LogP contribution is 2.38. The summed E-state index contributed by atoms with van der Waals surface area (Å²) in [6.07, 6.45) is 0.0559. The number of hydrazine groups is 1. The van der Waals surface area contributed by atoms with Gasteiger partial charge in [-0.3, -0.25) is 20.4 Å². The van der Waals surface area contributed by atoms with Crippen LogP contribution in [0.15, 0.2) is 30.3 Å². The highest BCUT2D eigenvalue weighted by atomic mass is 16.5. The summed E-state index contributed by atoms with van der Waals surface area (Å²) in [7, 11) is 5.92. The van der Waals surface area contributed by atoms with Gasteiger partial charge in [0.05, 0.1) is 34.9 Å². The third-order valence-electron chi connectivity index (χ3n) is 4.03. The highest BCUT2D eigenvalue weighted by molar-refractivity contribution is 5.96. The Morgan fingerprint density at radius 2 is 1.43 bits per heavy atom. The minimum Gasteiger partial charge on any atom is -0.496 e. The molecule has 0 aliphatic carbocycles. The lowest BCUT2D eigenvalue weighted by atomic mass is 10.1. The van der Waals surface area contributed by atoms with Crippen LogP contribution in [0.4, 0.5) is 0 Å². The summed E-state index contributed by atoms with van der Waals surface area (Å²) in [5.74, 6) is 0.744. The first-order valence-corrected chi connectivity index (χ1v) is 8.46. The van der Waals surface area contributed by atoms with E-state index in [1.807, 2.05) is 19.1 Å². The average molecular weight is 388 g/mol. The van der Waals surface area contributed by atoms with Gasteiger partial charge in [-0.1, -0.05) is 17.7 Å². The molecule has 2 aromatic carbocycles. The van der Waals surface area contributed by atoms with Gasteiger partial charge in [0, 0.05) is 11.1 Å². The maximum Gasteiger partial charge on any atom is 0.269 e. The van der Waals surface area contributed by atoms with E-state index in [0.29, 0.717) is 23.0 Å². The lowest BCUT2D eigenvalue weighted by Crippen LogP contribution is -2.42. The van der Waals surface area contributed by atoms with Crippen LogP contribution in [0, 0.1) is 6.92 Å². The SMILES string of the molecule is COc1ccc(C)cc1CC(=O)NNC(=O)c1cc(OC)c(OC)c(OC)c1. The normalized spacial score (nSPS) is 10.0. The molecule has 0 atom stereocenters. The monoisotopic (exact) mass is 388 g/mol. The van der Waals surface area contributed by atoms with E-state index in [1.54, 1.807) is 6.07 Å². The molecule has 0 bridgehead atoms. The molecule has 2 aromatic rings. The maximum absolute atomic E-state index is 12.4.